The van der Waals surface area contributed by atoms with E-state index in [1.54, 1.807) is 12.3 Å². The average molecular weight is 207 g/mol. The fourth-order valence-electron chi connectivity index (χ4n) is 1.18. The summed E-state index contributed by atoms with van der Waals surface area (Å²) in [5.74, 6) is 0.580. The number of nitrogens with one attached hydrogen (secondary N) is 1. The summed E-state index contributed by atoms with van der Waals surface area (Å²) < 4.78 is 0. The number of rotatable bonds is 4. The number of nitrogens with two attached hydrogens (primary N) is 1. The van der Waals surface area contributed by atoms with Gasteiger partial charge in [0, 0.05) is 6.42 Å². The normalized spacial score (nSPS) is 10.0. The zero-order valence-electron chi connectivity index (χ0n) is 9.21. The molecule has 15 heavy (non-hydrogen) atoms. The molecular weight excluding hydrogens is 190 g/mol. The van der Waals surface area contributed by atoms with Gasteiger partial charge < -0.3 is 11.1 Å². The van der Waals surface area contributed by atoms with Crippen molar-refractivity contribution >= 4 is 17.4 Å². The van der Waals surface area contributed by atoms with Gasteiger partial charge in [0.05, 0.1) is 11.9 Å². The topological polar surface area (TPSA) is 68.0 Å². The quantitative estimate of drug-likeness (QED) is 0.794. The van der Waals surface area contributed by atoms with E-state index in [0.717, 1.165) is 18.4 Å². The Bertz CT molecular complexity index is 350. The van der Waals surface area contributed by atoms with E-state index in [1.165, 1.54) is 0 Å². The van der Waals surface area contributed by atoms with Crippen molar-refractivity contribution in [1.29, 1.82) is 0 Å². The molecule has 82 valence electrons. The fraction of sp³-hybridized carbons (Fsp3) is 0.455. The summed E-state index contributed by atoms with van der Waals surface area (Å²) in [5, 5.41) is 2.74. The minimum atomic E-state index is 0.00789. The molecule has 0 saturated carbocycles. The number of amides is 1. The number of carbonyl (C=O) groups excluding carboxylic acids is 1. The molecule has 0 unspecified atom stereocenters. The van der Waals surface area contributed by atoms with Gasteiger partial charge in [0.1, 0.15) is 5.82 Å². The molecule has 0 atom stereocenters. The number of hydrogen-bond donors (Lipinski definition) is 2. The lowest BCUT2D eigenvalue weighted by molar-refractivity contribution is -0.116. The highest BCUT2D eigenvalue weighted by Gasteiger charge is 2.03. The third-order valence-electron chi connectivity index (χ3n) is 2.18. The van der Waals surface area contributed by atoms with E-state index in [0.29, 0.717) is 17.9 Å². The third-order valence-corrected chi connectivity index (χ3v) is 2.18. The maximum absolute atomic E-state index is 11.4. The van der Waals surface area contributed by atoms with Gasteiger partial charge >= 0.3 is 0 Å². The van der Waals surface area contributed by atoms with Crippen LogP contribution in [0.5, 0.6) is 0 Å². The van der Waals surface area contributed by atoms with Crippen LogP contribution in [-0.4, -0.2) is 10.9 Å². The van der Waals surface area contributed by atoms with Crippen molar-refractivity contribution in [2.24, 2.45) is 0 Å². The molecule has 0 aliphatic carbocycles. The van der Waals surface area contributed by atoms with Crippen LogP contribution in [-0.2, 0) is 4.79 Å². The smallest absolute Gasteiger partial charge is 0.225 e. The molecule has 1 heterocycles. The van der Waals surface area contributed by atoms with Crippen LogP contribution >= 0.6 is 0 Å². The van der Waals surface area contributed by atoms with Gasteiger partial charge in [-0.2, -0.15) is 0 Å². The number of aromatic nitrogens is 1. The predicted octanol–water partition coefficient (Wildman–Crippen LogP) is 2.10. The summed E-state index contributed by atoms with van der Waals surface area (Å²) in [6.07, 6.45) is 4.02. The second-order valence-corrected chi connectivity index (χ2v) is 3.58. The van der Waals surface area contributed by atoms with Gasteiger partial charge in [0.15, 0.2) is 0 Å². The van der Waals surface area contributed by atoms with Crippen LogP contribution in [0, 0.1) is 6.92 Å². The van der Waals surface area contributed by atoms with Gasteiger partial charge in [-0.15, -0.1) is 0 Å². The Hall–Kier alpha value is -1.58. The van der Waals surface area contributed by atoms with Crippen molar-refractivity contribution in [3.05, 3.63) is 17.8 Å². The van der Waals surface area contributed by atoms with Crippen molar-refractivity contribution in [2.75, 3.05) is 11.1 Å². The molecule has 4 heteroatoms. The zero-order valence-corrected chi connectivity index (χ0v) is 9.21. The van der Waals surface area contributed by atoms with Crippen LogP contribution in [0.4, 0.5) is 11.5 Å². The average Bonchev–Trinajstić information content (AvgIpc) is 2.20. The van der Waals surface area contributed by atoms with Crippen LogP contribution in [0.3, 0.4) is 0 Å². The molecule has 0 radical (unpaired) electrons. The Labute approximate surface area is 89.9 Å². The number of nitrogens with zero attached hydrogens (tertiary/aromatic N) is 1. The number of carbonyl (C=O) groups is 1. The monoisotopic (exact) mass is 207 g/mol. The molecule has 0 spiro atoms. The van der Waals surface area contributed by atoms with Crippen molar-refractivity contribution < 1.29 is 4.79 Å². The van der Waals surface area contributed by atoms with Gasteiger partial charge in [-0.3, -0.25) is 4.79 Å². The second-order valence-electron chi connectivity index (χ2n) is 3.58. The fourth-order valence-corrected chi connectivity index (χ4v) is 1.18. The highest BCUT2D eigenvalue weighted by atomic mass is 16.1. The molecule has 0 fully saturated rings. The van der Waals surface area contributed by atoms with E-state index in [1.807, 2.05) is 6.92 Å². The molecule has 0 aliphatic heterocycles. The Kier molecular flexibility index (Phi) is 4.09. The number of nitrogen functional groups attached to an aromatic ring is 1. The SMILES string of the molecule is CCCCC(=O)Nc1cc(C)c(N)cn1. The van der Waals surface area contributed by atoms with E-state index in [4.69, 9.17) is 5.73 Å². The van der Waals surface area contributed by atoms with Gasteiger partial charge in [-0.1, -0.05) is 13.3 Å². The Morgan fingerprint density at radius 1 is 1.60 bits per heavy atom. The standard InChI is InChI=1S/C11H17N3O/c1-3-4-5-11(15)14-10-6-8(2)9(12)7-13-10/h6-7H,3-5,12H2,1-2H3,(H,13,14,15). The van der Waals surface area contributed by atoms with Crippen molar-refractivity contribution in [3.63, 3.8) is 0 Å². The number of hydrogen-bond acceptors (Lipinski definition) is 3. The molecule has 1 rings (SSSR count). The molecule has 1 aromatic heterocycles. The summed E-state index contributed by atoms with van der Waals surface area (Å²) in [4.78, 5) is 15.4. The van der Waals surface area contributed by atoms with Crippen LogP contribution in [0.1, 0.15) is 31.7 Å². The molecule has 3 N–H and O–H groups in total. The maximum atomic E-state index is 11.4. The summed E-state index contributed by atoms with van der Waals surface area (Å²) >= 11 is 0. The molecule has 0 saturated heterocycles. The minimum absolute atomic E-state index is 0.00789. The molecule has 1 aromatic rings. The highest BCUT2D eigenvalue weighted by Crippen LogP contribution is 2.13. The van der Waals surface area contributed by atoms with Gasteiger partial charge in [-0.25, -0.2) is 4.98 Å². The summed E-state index contributed by atoms with van der Waals surface area (Å²) in [7, 11) is 0. The molecule has 1 amide bonds. The van der Waals surface area contributed by atoms with Crippen molar-refractivity contribution in [3.8, 4) is 0 Å². The van der Waals surface area contributed by atoms with Crippen LogP contribution in [0.25, 0.3) is 0 Å². The highest BCUT2D eigenvalue weighted by molar-refractivity contribution is 5.89. The van der Waals surface area contributed by atoms with Gasteiger partial charge in [0.25, 0.3) is 0 Å². The number of anilines is 2. The molecule has 0 bridgehead atoms. The number of unbranched alkanes of at least 4 members (excludes halogenated alkanes) is 1. The Morgan fingerprint density at radius 2 is 2.33 bits per heavy atom. The summed E-state index contributed by atoms with van der Waals surface area (Å²) in [6.45, 7) is 3.94. The summed E-state index contributed by atoms with van der Waals surface area (Å²) in [6, 6.07) is 1.78. The van der Waals surface area contributed by atoms with Crippen molar-refractivity contribution in [2.45, 2.75) is 33.1 Å². The van der Waals surface area contributed by atoms with Gasteiger partial charge in [0.2, 0.25) is 5.91 Å². The minimum Gasteiger partial charge on any atom is -0.397 e. The van der Waals surface area contributed by atoms with E-state index >= 15 is 0 Å². The maximum Gasteiger partial charge on any atom is 0.225 e. The lowest BCUT2D eigenvalue weighted by Gasteiger charge is -2.05. The van der Waals surface area contributed by atoms with Crippen LogP contribution in [0.15, 0.2) is 12.3 Å². The number of aryl methyl sites for hydroxylation is 1. The Balaban J connectivity index is 2.57. The zero-order chi connectivity index (χ0) is 11.3. The summed E-state index contributed by atoms with van der Waals surface area (Å²) in [5.41, 5.74) is 7.19. The molecule has 0 aliphatic rings. The molecular formula is C11H17N3O. The first-order valence-corrected chi connectivity index (χ1v) is 5.15. The first-order chi connectivity index (χ1) is 7.13. The molecule has 4 nitrogen and oxygen atoms in total. The third kappa shape index (κ3) is 3.58. The van der Waals surface area contributed by atoms with Gasteiger partial charge in [-0.05, 0) is 25.0 Å². The Morgan fingerprint density at radius 3 is 2.93 bits per heavy atom. The lowest BCUT2D eigenvalue weighted by atomic mass is 10.2. The van der Waals surface area contributed by atoms with Crippen LogP contribution in [0.2, 0.25) is 0 Å². The van der Waals surface area contributed by atoms with Crippen LogP contribution < -0.4 is 11.1 Å². The number of pyridine rings is 1. The second kappa shape index (κ2) is 5.34. The first-order valence-electron chi connectivity index (χ1n) is 5.15. The first kappa shape index (κ1) is 11.5. The van der Waals surface area contributed by atoms with E-state index < -0.39 is 0 Å². The van der Waals surface area contributed by atoms with E-state index in [-0.39, 0.29) is 5.91 Å². The van der Waals surface area contributed by atoms with E-state index in [2.05, 4.69) is 17.2 Å². The van der Waals surface area contributed by atoms with Crippen molar-refractivity contribution in [1.82, 2.24) is 4.98 Å². The predicted molar refractivity (Wildman–Crippen MR) is 61.5 cm³/mol. The lowest BCUT2D eigenvalue weighted by Crippen LogP contribution is -2.12. The molecule has 0 aromatic carbocycles. The largest absolute Gasteiger partial charge is 0.397 e. The van der Waals surface area contributed by atoms with E-state index in [9.17, 15) is 4.79 Å².